The van der Waals surface area contributed by atoms with Crippen LogP contribution in [0.5, 0.6) is 0 Å². The molecule has 74 valence electrons. The van der Waals surface area contributed by atoms with Crippen molar-refractivity contribution in [2.45, 2.75) is 57.5 Å². The van der Waals surface area contributed by atoms with E-state index < -0.39 is 0 Å². The Morgan fingerprint density at radius 2 is 1.92 bits per heavy atom. The average Bonchev–Trinajstić information content (AvgIpc) is 2.36. The summed E-state index contributed by atoms with van der Waals surface area (Å²) < 4.78 is 0. The van der Waals surface area contributed by atoms with Gasteiger partial charge in [-0.1, -0.05) is 12.8 Å². The molecule has 13 heavy (non-hydrogen) atoms. The van der Waals surface area contributed by atoms with Crippen LogP contribution in [-0.2, 0) is 4.79 Å². The van der Waals surface area contributed by atoms with Crippen molar-refractivity contribution in [2.24, 2.45) is 5.41 Å². The number of ketones is 1. The van der Waals surface area contributed by atoms with E-state index in [0.29, 0.717) is 12.2 Å². The summed E-state index contributed by atoms with van der Waals surface area (Å²) in [6, 6.07) is 0. The Balaban J connectivity index is 2.21. The normalized spacial score (nSPS) is 41.0. The highest BCUT2D eigenvalue weighted by molar-refractivity contribution is 5.86. The van der Waals surface area contributed by atoms with Crippen LogP contribution in [0.2, 0.25) is 0 Å². The maximum atomic E-state index is 11.9. The molecule has 1 N–H and O–H groups in total. The van der Waals surface area contributed by atoms with Crippen molar-refractivity contribution in [2.75, 3.05) is 0 Å². The number of hydrogen-bond donors (Lipinski definition) is 1. The number of aliphatic hydroxyl groups excluding tert-OH is 1. The molecular weight excluding hydrogens is 164 g/mol. The summed E-state index contributed by atoms with van der Waals surface area (Å²) in [4.78, 5) is 11.9. The standard InChI is InChI=1S/C11H18O2/c12-9-5-2-1-3-7-11(9)8-4-6-10(11)13/h10,13H,1-8H2/t10-,11?/m0/s1. The number of aliphatic hydroxyl groups is 1. The van der Waals surface area contributed by atoms with Crippen molar-refractivity contribution in [3.8, 4) is 0 Å². The minimum atomic E-state index is -0.335. The predicted molar refractivity (Wildman–Crippen MR) is 50.4 cm³/mol. The van der Waals surface area contributed by atoms with Crippen LogP contribution in [0.4, 0.5) is 0 Å². The number of hydrogen-bond acceptors (Lipinski definition) is 2. The van der Waals surface area contributed by atoms with E-state index >= 15 is 0 Å². The Labute approximate surface area is 79.3 Å². The van der Waals surface area contributed by atoms with E-state index in [1.54, 1.807) is 0 Å². The molecule has 2 aliphatic carbocycles. The average molecular weight is 182 g/mol. The molecule has 2 aliphatic rings. The molecule has 2 fully saturated rings. The van der Waals surface area contributed by atoms with Crippen LogP contribution in [-0.4, -0.2) is 17.0 Å². The Morgan fingerprint density at radius 1 is 1.15 bits per heavy atom. The van der Waals surface area contributed by atoms with Crippen LogP contribution in [0, 0.1) is 5.41 Å². The molecular formula is C11H18O2. The number of Topliss-reactive ketones (excluding diaryl/α,β-unsaturated/α-hetero) is 1. The van der Waals surface area contributed by atoms with E-state index in [0.717, 1.165) is 38.5 Å². The quantitative estimate of drug-likeness (QED) is 0.622. The first-order valence-corrected chi connectivity index (χ1v) is 5.47. The second kappa shape index (κ2) is 3.41. The van der Waals surface area contributed by atoms with Crippen LogP contribution in [0.25, 0.3) is 0 Å². The molecule has 2 saturated carbocycles. The summed E-state index contributed by atoms with van der Waals surface area (Å²) in [5.74, 6) is 0.343. The molecule has 0 heterocycles. The fourth-order valence-corrected chi connectivity index (χ4v) is 2.96. The minimum Gasteiger partial charge on any atom is -0.392 e. The SMILES string of the molecule is O=C1CCCCCC12CCC[C@@H]2O. The third-order valence-electron chi connectivity index (χ3n) is 3.82. The van der Waals surface area contributed by atoms with E-state index in [4.69, 9.17) is 0 Å². The fraction of sp³-hybridized carbons (Fsp3) is 0.909. The molecule has 2 atom stereocenters. The number of carbonyl (C=O) groups is 1. The maximum Gasteiger partial charge on any atom is 0.141 e. The van der Waals surface area contributed by atoms with Crippen LogP contribution in [0.1, 0.15) is 51.4 Å². The molecule has 0 aromatic rings. The lowest BCUT2D eigenvalue weighted by atomic mass is 9.76. The van der Waals surface area contributed by atoms with E-state index in [1.165, 1.54) is 6.42 Å². The van der Waals surface area contributed by atoms with Gasteiger partial charge in [-0.3, -0.25) is 4.79 Å². The highest BCUT2D eigenvalue weighted by Crippen LogP contribution is 2.45. The monoisotopic (exact) mass is 182 g/mol. The Morgan fingerprint density at radius 3 is 2.62 bits per heavy atom. The first-order chi connectivity index (χ1) is 6.26. The van der Waals surface area contributed by atoms with Gasteiger partial charge in [-0.15, -0.1) is 0 Å². The lowest BCUT2D eigenvalue weighted by Crippen LogP contribution is -2.37. The van der Waals surface area contributed by atoms with Gasteiger partial charge in [0.25, 0.3) is 0 Å². The van der Waals surface area contributed by atoms with E-state index in [9.17, 15) is 9.90 Å². The molecule has 2 heteroatoms. The molecule has 1 unspecified atom stereocenters. The van der Waals surface area contributed by atoms with Crippen molar-refractivity contribution in [1.29, 1.82) is 0 Å². The van der Waals surface area contributed by atoms with Crippen LogP contribution >= 0.6 is 0 Å². The Hall–Kier alpha value is -0.370. The molecule has 2 rings (SSSR count). The molecule has 0 aliphatic heterocycles. The molecule has 0 saturated heterocycles. The summed E-state index contributed by atoms with van der Waals surface area (Å²) in [5, 5.41) is 9.88. The molecule has 0 aromatic carbocycles. The molecule has 2 nitrogen and oxygen atoms in total. The van der Waals surface area contributed by atoms with E-state index in [-0.39, 0.29) is 11.5 Å². The summed E-state index contributed by atoms with van der Waals surface area (Å²) >= 11 is 0. The molecule has 0 bridgehead atoms. The summed E-state index contributed by atoms with van der Waals surface area (Å²) in [6.07, 6.45) is 7.45. The van der Waals surface area contributed by atoms with Gasteiger partial charge in [0.1, 0.15) is 5.78 Å². The Kier molecular flexibility index (Phi) is 2.41. The van der Waals surface area contributed by atoms with Gasteiger partial charge < -0.3 is 5.11 Å². The second-order valence-electron chi connectivity index (χ2n) is 4.55. The fourth-order valence-electron chi connectivity index (χ4n) is 2.96. The van der Waals surface area contributed by atoms with Gasteiger partial charge in [-0.2, -0.15) is 0 Å². The number of carbonyl (C=O) groups excluding carboxylic acids is 1. The highest BCUT2D eigenvalue weighted by atomic mass is 16.3. The maximum absolute atomic E-state index is 11.9. The zero-order chi connectivity index (χ0) is 9.31. The second-order valence-corrected chi connectivity index (χ2v) is 4.55. The van der Waals surface area contributed by atoms with Gasteiger partial charge in [-0.05, 0) is 32.1 Å². The van der Waals surface area contributed by atoms with Gasteiger partial charge in [0.05, 0.1) is 11.5 Å². The molecule has 0 amide bonds. The first kappa shape index (κ1) is 9.20. The van der Waals surface area contributed by atoms with Gasteiger partial charge in [0.15, 0.2) is 0 Å². The van der Waals surface area contributed by atoms with Crippen molar-refractivity contribution in [3.63, 3.8) is 0 Å². The van der Waals surface area contributed by atoms with Crippen molar-refractivity contribution >= 4 is 5.78 Å². The zero-order valence-corrected chi connectivity index (χ0v) is 8.09. The molecule has 0 radical (unpaired) electrons. The third kappa shape index (κ3) is 1.41. The summed E-state index contributed by atoms with van der Waals surface area (Å²) in [7, 11) is 0. The van der Waals surface area contributed by atoms with Crippen molar-refractivity contribution < 1.29 is 9.90 Å². The molecule has 1 spiro atoms. The van der Waals surface area contributed by atoms with Gasteiger partial charge >= 0.3 is 0 Å². The lowest BCUT2D eigenvalue weighted by molar-refractivity contribution is -0.133. The van der Waals surface area contributed by atoms with Crippen molar-refractivity contribution in [3.05, 3.63) is 0 Å². The first-order valence-electron chi connectivity index (χ1n) is 5.47. The van der Waals surface area contributed by atoms with Gasteiger partial charge in [0, 0.05) is 6.42 Å². The highest BCUT2D eigenvalue weighted by Gasteiger charge is 2.47. The third-order valence-corrected chi connectivity index (χ3v) is 3.82. The molecule has 0 aromatic heterocycles. The zero-order valence-electron chi connectivity index (χ0n) is 8.09. The predicted octanol–water partition coefficient (Wildman–Crippen LogP) is 2.05. The van der Waals surface area contributed by atoms with Crippen LogP contribution in [0.3, 0.4) is 0 Å². The lowest BCUT2D eigenvalue weighted by Gasteiger charge is -2.29. The number of rotatable bonds is 0. The summed E-state index contributed by atoms with van der Waals surface area (Å²) in [6.45, 7) is 0. The van der Waals surface area contributed by atoms with E-state index in [2.05, 4.69) is 0 Å². The largest absolute Gasteiger partial charge is 0.392 e. The van der Waals surface area contributed by atoms with Gasteiger partial charge in [-0.25, -0.2) is 0 Å². The van der Waals surface area contributed by atoms with Gasteiger partial charge in [0.2, 0.25) is 0 Å². The van der Waals surface area contributed by atoms with Crippen LogP contribution in [0.15, 0.2) is 0 Å². The smallest absolute Gasteiger partial charge is 0.141 e. The van der Waals surface area contributed by atoms with Crippen molar-refractivity contribution in [1.82, 2.24) is 0 Å². The topological polar surface area (TPSA) is 37.3 Å². The summed E-state index contributed by atoms with van der Waals surface area (Å²) in [5.41, 5.74) is -0.309. The van der Waals surface area contributed by atoms with Crippen LogP contribution < -0.4 is 0 Å². The Bertz CT molecular complexity index is 212. The van der Waals surface area contributed by atoms with E-state index in [1.807, 2.05) is 0 Å². The minimum absolute atomic E-state index is 0.309.